The van der Waals surface area contributed by atoms with Crippen LogP contribution in [0.5, 0.6) is 5.75 Å². The monoisotopic (exact) mass is 218 g/mol. The number of carbonyl (C=O) groups is 1. The quantitative estimate of drug-likeness (QED) is 0.791. The van der Waals surface area contributed by atoms with Crippen LogP contribution in [-0.4, -0.2) is 25.6 Å². The second kappa shape index (κ2) is 3.22. The maximum absolute atomic E-state index is 12.0. The Morgan fingerprint density at radius 3 is 2.94 bits per heavy atom. The van der Waals surface area contributed by atoms with Gasteiger partial charge >= 0.3 is 0 Å². The number of fused-ring (bicyclic) bond motifs is 1. The van der Waals surface area contributed by atoms with Gasteiger partial charge in [-0.05, 0) is 12.1 Å². The first-order valence-electron chi connectivity index (χ1n) is 5.43. The van der Waals surface area contributed by atoms with E-state index in [-0.39, 0.29) is 17.9 Å². The van der Waals surface area contributed by atoms with Gasteiger partial charge in [-0.3, -0.25) is 4.79 Å². The molecule has 16 heavy (non-hydrogen) atoms. The number of amides is 1. The van der Waals surface area contributed by atoms with E-state index in [2.05, 4.69) is 0 Å². The van der Waals surface area contributed by atoms with Crippen molar-refractivity contribution in [1.82, 2.24) is 0 Å². The van der Waals surface area contributed by atoms with Gasteiger partial charge in [0.05, 0.1) is 13.0 Å². The minimum absolute atomic E-state index is 0.0613. The summed E-state index contributed by atoms with van der Waals surface area (Å²) in [4.78, 5) is 13.8. The van der Waals surface area contributed by atoms with Crippen LogP contribution in [0.3, 0.4) is 0 Å². The molecule has 0 radical (unpaired) electrons. The van der Waals surface area contributed by atoms with Crippen LogP contribution in [0.2, 0.25) is 0 Å². The Bertz CT molecular complexity index is 446. The summed E-state index contributed by atoms with van der Waals surface area (Å²) in [6.07, 6.45) is 0. The molecule has 84 valence electrons. The summed E-state index contributed by atoms with van der Waals surface area (Å²) in [5.41, 5.74) is 6.69. The highest BCUT2D eigenvalue weighted by atomic mass is 16.5. The lowest BCUT2D eigenvalue weighted by Crippen LogP contribution is -2.33. The third-order valence-electron chi connectivity index (χ3n) is 3.54. The van der Waals surface area contributed by atoms with Crippen molar-refractivity contribution in [3.8, 4) is 5.75 Å². The summed E-state index contributed by atoms with van der Waals surface area (Å²) in [5, 5.41) is 0. The molecule has 3 atom stereocenters. The fourth-order valence-electron chi connectivity index (χ4n) is 2.48. The van der Waals surface area contributed by atoms with Crippen LogP contribution in [0.1, 0.15) is 0 Å². The highest BCUT2D eigenvalue weighted by Gasteiger charge is 2.60. The first kappa shape index (κ1) is 9.66. The molecule has 1 aromatic rings. The van der Waals surface area contributed by atoms with E-state index in [9.17, 15) is 4.79 Å². The number of hydrogen-bond acceptors (Lipinski definition) is 3. The van der Waals surface area contributed by atoms with E-state index in [4.69, 9.17) is 10.5 Å². The van der Waals surface area contributed by atoms with Crippen LogP contribution in [-0.2, 0) is 4.79 Å². The summed E-state index contributed by atoms with van der Waals surface area (Å²) in [5.74, 6) is 1.35. The summed E-state index contributed by atoms with van der Waals surface area (Å²) in [7, 11) is 1.62. The van der Waals surface area contributed by atoms with Crippen LogP contribution in [0.15, 0.2) is 24.3 Å². The molecule has 4 nitrogen and oxygen atoms in total. The maximum Gasteiger partial charge on any atom is 0.232 e. The fraction of sp³-hybridized carbons (Fsp3) is 0.417. The average molecular weight is 218 g/mol. The smallest absolute Gasteiger partial charge is 0.232 e. The van der Waals surface area contributed by atoms with Crippen molar-refractivity contribution in [3.05, 3.63) is 24.3 Å². The lowest BCUT2D eigenvalue weighted by atomic mass is 10.2. The number of methoxy groups -OCH3 is 1. The second-order valence-electron chi connectivity index (χ2n) is 4.42. The minimum atomic E-state index is 0.0613. The van der Waals surface area contributed by atoms with Gasteiger partial charge in [-0.1, -0.05) is 6.07 Å². The van der Waals surface area contributed by atoms with Gasteiger partial charge < -0.3 is 15.4 Å². The Hall–Kier alpha value is -1.55. The summed E-state index contributed by atoms with van der Waals surface area (Å²) >= 11 is 0. The number of nitrogens with two attached hydrogens (primary N) is 1. The Morgan fingerprint density at radius 2 is 2.31 bits per heavy atom. The molecule has 0 bridgehead atoms. The Kier molecular flexibility index (Phi) is 1.94. The third kappa shape index (κ3) is 1.23. The van der Waals surface area contributed by atoms with Crippen molar-refractivity contribution < 1.29 is 9.53 Å². The molecule has 1 aliphatic carbocycles. The van der Waals surface area contributed by atoms with E-state index in [1.54, 1.807) is 12.0 Å². The third-order valence-corrected chi connectivity index (χ3v) is 3.54. The standard InChI is InChI=1S/C12H14N2O2/c1-16-8-4-2-3-7(5-8)14-6-9-10(11(9)13)12(14)15/h2-5,9-11H,6,13H2,1H3. The van der Waals surface area contributed by atoms with E-state index >= 15 is 0 Å². The van der Waals surface area contributed by atoms with Crippen molar-refractivity contribution >= 4 is 11.6 Å². The molecule has 1 amide bonds. The fourth-order valence-corrected chi connectivity index (χ4v) is 2.48. The first-order valence-corrected chi connectivity index (χ1v) is 5.43. The maximum atomic E-state index is 12.0. The highest BCUT2D eigenvalue weighted by molar-refractivity contribution is 6.01. The molecule has 2 fully saturated rings. The molecule has 1 aliphatic heterocycles. The van der Waals surface area contributed by atoms with Crippen molar-refractivity contribution in [2.24, 2.45) is 17.6 Å². The predicted molar refractivity (Wildman–Crippen MR) is 60.3 cm³/mol. The number of hydrogen-bond donors (Lipinski definition) is 1. The van der Waals surface area contributed by atoms with Crippen molar-refractivity contribution in [2.75, 3.05) is 18.6 Å². The molecule has 0 spiro atoms. The number of rotatable bonds is 2. The number of carbonyl (C=O) groups excluding carboxylic acids is 1. The molecule has 1 heterocycles. The van der Waals surface area contributed by atoms with Gasteiger partial charge in [-0.25, -0.2) is 0 Å². The van der Waals surface area contributed by atoms with Crippen LogP contribution >= 0.6 is 0 Å². The van der Waals surface area contributed by atoms with Crippen molar-refractivity contribution in [3.63, 3.8) is 0 Å². The molecule has 3 rings (SSSR count). The molecule has 2 N–H and O–H groups in total. The normalized spacial score (nSPS) is 31.5. The number of benzene rings is 1. The Balaban J connectivity index is 1.86. The summed E-state index contributed by atoms with van der Waals surface area (Å²) in [6, 6.07) is 7.67. The molecular formula is C12H14N2O2. The molecule has 1 saturated carbocycles. The molecule has 4 heteroatoms. The van der Waals surface area contributed by atoms with Gasteiger partial charge in [-0.15, -0.1) is 0 Å². The summed E-state index contributed by atoms with van der Waals surface area (Å²) in [6.45, 7) is 0.748. The van der Waals surface area contributed by atoms with E-state index in [1.165, 1.54) is 0 Å². The lowest BCUT2D eigenvalue weighted by molar-refractivity contribution is -0.118. The zero-order chi connectivity index (χ0) is 11.3. The molecule has 2 aliphatic rings. The van der Waals surface area contributed by atoms with Crippen LogP contribution in [0.25, 0.3) is 0 Å². The van der Waals surface area contributed by atoms with Gasteiger partial charge in [0.2, 0.25) is 5.91 Å². The van der Waals surface area contributed by atoms with Gasteiger partial charge in [-0.2, -0.15) is 0 Å². The minimum Gasteiger partial charge on any atom is -0.497 e. The van der Waals surface area contributed by atoms with Gasteiger partial charge in [0.25, 0.3) is 0 Å². The SMILES string of the molecule is COc1cccc(N2CC3C(N)C3C2=O)c1. The van der Waals surface area contributed by atoms with E-state index in [0.29, 0.717) is 5.92 Å². The molecule has 3 unspecified atom stereocenters. The van der Waals surface area contributed by atoms with Crippen molar-refractivity contribution in [1.29, 1.82) is 0 Å². The Labute approximate surface area is 94.0 Å². The number of anilines is 1. The van der Waals surface area contributed by atoms with E-state index < -0.39 is 0 Å². The average Bonchev–Trinajstić information content (AvgIpc) is 2.80. The lowest BCUT2D eigenvalue weighted by Gasteiger charge is -2.19. The van der Waals surface area contributed by atoms with Crippen molar-refractivity contribution in [2.45, 2.75) is 6.04 Å². The summed E-state index contributed by atoms with van der Waals surface area (Å²) < 4.78 is 5.15. The first-order chi connectivity index (χ1) is 7.72. The van der Waals surface area contributed by atoms with Crippen LogP contribution in [0, 0.1) is 11.8 Å². The second-order valence-corrected chi connectivity index (χ2v) is 4.42. The van der Waals surface area contributed by atoms with Gasteiger partial charge in [0.1, 0.15) is 5.75 Å². The topological polar surface area (TPSA) is 55.6 Å². The molecular weight excluding hydrogens is 204 g/mol. The molecule has 1 saturated heterocycles. The van der Waals surface area contributed by atoms with Crippen LogP contribution < -0.4 is 15.4 Å². The van der Waals surface area contributed by atoms with Crippen LogP contribution in [0.4, 0.5) is 5.69 Å². The largest absolute Gasteiger partial charge is 0.497 e. The number of ether oxygens (including phenoxy) is 1. The zero-order valence-electron chi connectivity index (χ0n) is 9.09. The number of piperidine rings is 1. The Morgan fingerprint density at radius 1 is 1.50 bits per heavy atom. The molecule has 1 aromatic carbocycles. The highest BCUT2D eigenvalue weighted by Crippen LogP contribution is 2.46. The van der Waals surface area contributed by atoms with E-state index in [0.717, 1.165) is 18.0 Å². The van der Waals surface area contributed by atoms with Gasteiger partial charge in [0.15, 0.2) is 0 Å². The molecule has 0 aromatic heterocycles. The zero-order valence-corrected chi connectivity index (χ0v) is 9.09. The number of nitrogens with zero attached hydrogens (tertiary/aromatic N) is 1. The van der Waals surface area contributed by atoms with Gasteiger partial charge in [0, 0.05) is 30.3 Å². The van der Waals surface area contributed by atoms with E-state index in [1.807, 2.05) is 24.3 Å². The predicted octanol–water partition coefficient (Wildman–Crippen LogP) is 0.615.